The third kappa shape index (κ3) is 3.48. The number of aromatic nitrogens is 2. The summed E-state index contributed by atoms with van der Waals surface area (Å²) < 4.78 is 44.8. The lowest BCUT2D eigenvalue weighted by Crippen LogP contribution is -2.07. The average molecular weight is 299 g/mol. The number of nitrogen functional groups attached to an aromatic ring is 1. The van der Waals surface area contributed by atoms with Crippen LogP contribution in [0.25, 0.3) is 0 Å². The quantitative estimate of drug-likeness (QED) is 0.882. The summed E-state index contributed by atoms with van der Waals surface area (Å²) in [6, 6.07) is 4.94. The van der Waals surface area contributed by atoms with Crippen LogP contribution in [0.3, 0.4) is 0 Å². The third-order valence-electron chi connectivity index (χ3n) is 3.10. The summed E-state index contributed by atoms with van der Waals surface area (Å²) >= 11 is 0. The lowest BCUT2D eigenvalue weighted by atomic mass is 10.2. The van der Waals surface area contributed by atoms with Crippen molar-refractivity contribution in [2.75, 3.05) is 5.73 Å². The highest BCUT2D eigenvalue weighted by Gasteiger charge is 2.30. The van der Waals surface area contributed by atoms with E-state index < -0.39 is 11.7 Å². The standard InChI is InChI=1S/C14H16F3N3O/c1-3-10-7-11(20(2)19-10)8-21-13-5-4-9(6-12(13)18)14(15,16)17/h4-7H,3,8,18H2,1-2H3. The average Bonchev–Trinajstić information content (AvgIpc) is 2.77. The first-order valence-electron chi connectivity index (χ1n) is 6.42. The van der Waals surface area contributed by atoms with Gasteiger partial charge in [0.2, 0.25) is 0 Å². The molecule has 7 heteroatoms. The van der Waals surface area contributed by atoms with Crippen molar-refractivity contribution in [3.05, 3.63) is 41.2 Å². The van der Waals surface area contributed by atoms with Crippen LogP contribution in [-0.4, -0.2) is 9.78 Å². The third-order valence-corrected chi connectivity index (χ3v) is 3.10. The number of ether oxygens (including phenoxy) is 1. The molecule has 1 aromatic heterocycles. The Kier molecular flexibility index (Phi) is 4.11. The van der Waals surface area contributed by atoms with E-state index in [9.17, 15) is 13.2 Å². The molecule has 0 atom stereocenters. The van der Waals surface area contributed by atoms with Crippen molar-refractivity contribution < 1.29 is 17.9 Å². The number of alkyl halides is 3. The highest BCUT2D eigenvalue weighted by atomic mass is 19.4. The van der Waals surface area contributed by atoms with E-state index in [1.807, 2.05) is 13.0 Å². The molecule has 0 spiro atoms. The predicted octanol–water partition coefficient (Wildman–Crippen LogP) is 3.16. The van der Waals surface area contributed by atoms with Crippen LogP contribution in [0.5, 0.6) is 5.75 Å². The topological polar surface area (TPSA) is 53.1 Å². The Hall–Kier alpha value is -2.18. The molecule has 0 bridgehead atoms. The van der Waals surface area contributed by atoms with E-state index in [1.54, 1.807) is 11.7 Å². The maximum absolute atomic E-state index is 12.5. The lowest BCUT2D eigenvalue weighted by molar-refractivity contribution is -0.137. The van der Waals surface area contributed by atoms with Crippen molar-refractivity contribution in [2.45, 2.75) is 26.1 Å². The first-order valence-corrected chi connectivity index (χ1v) is 6.42. The Morgan fingerprint density at radius 2 is 2.00 bits per heavy atom. The molecular weight excluding hydrogens is 283 g/mol. The smallest absolute Gasteiger partial charge is 0.416 e. The minimum Gasteiger partial charge on any atom is -0.485 e. The number of anilines is 1. The summed E-state index contributed by atoms with van der Waals surface area (Å²) in [6.07, 6.45) is -3.61. The summed E-state index contributed by atoms with van der Waals surface area (Å²) in [7, 11) is 1.79. The molecule has 0 aliphatic carbocycles. The zero-order valence-corrected chi connectivity index (χ0v) is 11.7. The highest BCUT2D eigenvalue weighted by molar-refractivity contribution is 5.54. The second kappa shape index (κ2) is 5.67. The largest absolute Gasteiger partial charge is 0.485 e. The molecule has 0 saturated carbocycles. The van der Waals surface area contributed by atoms with Crippen molar-refractivity contribution >= 4 is 5.69 Å². The number of benzene rings is 1. The van der Waals surface area contributed by atoms with E-state index in [4.69, 9.17) is 10.5 Å². The van der Waals surface area contributed by atoms with Gasteiger partial charge >= 0.3 is 6.18 Å². The van der Waals surface area contributed by atoms with Crippen molar-refractivity contribution in [2.24, 2.45) is 7.05 Å². The van der Waals surface area contributed by atoms with Gasteiger partial charge in [-0.05, 0) is 30.7 Å². The first kappa shape index (κ1) is 15.2. The van der Waals surface area contributed by atoms with Crippen LogP contribution in [0.2, 0.25) is 0 Å². The zero-order chi connectivity index (χ0) is 15.6. The Bertz CT molecular complexity index is 635. The molecule has 21 heavy (non-hydrogen) atoms. The van der Waals surface area contributed by atoms with E-state index in [1.165, 1.54) is 6.07 Å². The van der Waals surface area contributed by atoms with Gasteiger partial charge in [-0.1, -0.05) is 6.92 Å². The number of hydrogen-bond donors (Lipinski definition) is 1. The lowest BCUT2D eigenvalue weighted by Gasteiger charge is -2.12. The van der Waals surface area contributed by atoms with Crippen molar-refractivity contribution in [3.8, 4) is 5.75 Å². The molecular formula is C14H16F3N3O. The van der Waals surface area contributed by atoms with Gasteiger partial charge in [-0.3, -0.25) is 4.68 Å². The predicted molar refractivity (Wildman–Crippen MR) is 72.8 cm³/mol. The molecule has 1 heterocycles. The van der Waals surface area contributed by atoms with Crippen LogP contribution in [0.15, 0.2) is 24.3 Å². The van der Waals surface area contributed by atoms with E-state index in [2.05, 4.69) is 5.10 Å². The first-order chi connectivity index (χ1) is 9.81. The highest BCUT2D eigenvalue weighted by Crippen LogP contribution is 2.33. The van der Waals surface area contributed by atoms with E-state index in [-0.39, 0.29) is 18.0 Å². The number of halogens is 3. The van der Waals surface area contributed by atoms with Crippen LogP contribution in [0.4, 0.5) is 18.9 Å². The maximum atomic E-state index is 12.5. The fourth-order valence-electron chi connectivity index (χ4n) is 1.89. The molecule has 4 nitrogen and oxygen atoms in total. The second-order valence-corrected chi connectivity index (χ2v) is 4.64. The molecule has 0 unspecified atom stereocenters. The van der Waals surface area contributed by atoms with Gasteiger partial charge in [0.1, 0.15) is 12.4 Å². The van der Waals surface area contributed by atoms with Crippen LogP contribution >= 0.6 is 0 Å². The molecule has 0 amide bonds. The van der Waals surface area contributed by atoms with Gasteiger partial charge in [-0.25, -0.2) is 0 Å². The van der Waals surface area contributed by atoms with Gasteiger partial charge in [0.05, 0.1) is 22.6 Å². The molecule has 0 aliphatic rings. The van der Waals surface area contributed by atoms with Gasteiger partial charge < -0.3 is 10.5 Å². The number of rotatable bonds is 4. The van der Waals surface area contributed by atoms with E-state index in [0.29, 0.717) is 0 Å². The minimum absolute atomic E-state index is 0.0392. The number of nitrogens with zero attached hydrogens (tertiary/aromatic N) is 2. The molecule has 0 saturated heterocycles. The summed E-state index contributed by atoms with van der Waals surface area (Å²) in [6.45, 7) is 2.18. The van der Waals surface area contributed by atoms with E-state index in [0.717, 1.165) is 29.9 Å². The maximum Gasteiger partial charge on any atom is 0.416 e. The molecule has 1 aromatic carbocycles. The number of hydrogen-bond acceptors (Lipinski definition) is 3. The van der Waals surface area contributed by atoms with Gasteiger partial charge in [0.15, 0.2) is 0 Å². The molecule has 2 aromatic rings. The summed E-state index contributed by atoms with van der Waals surface area (Å²) in [5, 5.41) is 4.27. The molecule has 0 aliphatic heterocycles. The van der Waals surface area contributed by atoms with Crippen LogP contribution < -0.4 is 10.5 Å². The fourth-order valence-corrected chi connectivity index (χ4v) is 1.89. The molecule has 0 fully saturated rings. The van der Waals surface area contributed by atoms with Gasteiger partial charge in [0.25, 0.3) is 0 Å². The Morgan fingerprint density at radius 3 is 2.52 bits per heavy atom. The van der Waals surface area contributed by atoms with E-state index >= 15 is 0 Å². The Labute approximate surface area is 120 Å². The minimum atomic E-state index is -4.41. The molecule has 0 radical (unpaired) electrons. The summed E-state index contributed by atoms with van der Waals surface area (Å²) in [5.41, 5.74) is 6.53. The van der Waals surface area contributed by atoms with Gasteiger partial charge in [-0.15, -0.1) is 0 Å². The molecule has 2 N–H and O–H groups in total. The summed E-state index contributed by atoms with van der Waals surface area (Å²) in [4.78, 5) is 0. The van der Waals surface area contributed by atoms with Crippen molar-refractivity contribution in [1.29, 1.82) is 0 Å². The monoisotopic (exact) mass is 299 g/mol. The van der Waals surface area contributed by atoms with Crippen LogP contribution in [-0.2, 0) is 26.3 Å². The number of nitrogens with two attached hydrogens (primary N) is 1. The molecule has 114 valence electrons. The van der Waals surface area contributed by atoms with Crippen LogP contribution in [0.1, 0.15) is 23.9 Å². The molecule has 2 rings (SSSR count). The SMILES string of the molecule is CCc1cc(COc2ccc(C(F)(F)F)cc2N)n(C)n1. The van der Waals surface area contributed by atoms with Crippen LogP contribution in [0, 0.1) is 0 Å². The number of aryl methyl sites for hydroxylation is 2. The Balaban J connectivity index is 2.11. The van der Waals surface area contributed by atoms with Gasteiger partial charge in [0, 0.05) is 7.05 Å². The van der Waals surface area contributed by atoms with Crippen molar-refractivity contribution in [3.63, 3.8) is 0 Å². The summed E-state index contributed by atoms with van der Waals surface area (Å²) in [5.74, 6) is 0.224. The normalized spacial score (nSPS) is 11.7. The van der Waals surface area contributed by atoms with Gasteiger partial charge in [-0.2, -0.15) is 18.3 Å². The second-order valence-electron chi connectivity index (χ2n) is 4.64. The Morgan fingerprint density at radius 1 is 1.29 bits per heavy atom. The zero-order valence-electron chi connectivity index (χ0n) is 11.7. The fraction of sp³-hybridized carbons (Fsp3) is 0.357. The van der Waals surface area contributed by atoms with Crippen molar-refractivity contribution in [1.82, 2.24) is 9.78 Å².